The zero-order valence-corrected chi connectivity index (χ0v) is 10.9. The molecule has 0 bridgehead atoms. The first-order chi connectivity index (χ1) is 9.79. The van der Waals surface area contributed by atoms with Crippen LogP contribution in [0.4, 0.5) is 0 Å². The maximum atomic E-state index is 4.30. The number of aromatic amines is 1. The van der Waals surface area contributed by atoms with Gasteiger partial charge in [0.1, 0.15) is 5.69 Å². The molecule has 0 aliphatic carbocycles. The number of aryl methyl sites for hydroxylation is 1. The molecule has 0 saturated carbocycles. The molecule has 1 aromatic carbocycles. The monoisotopic (exact) mass is 264 g/mol. The predicted molar refractivity (Wildman–Crippen MR) is 75.4 cm³/mol. The van der Waals surface area contributed by atoms with Gasteiger partial charge in [-0.05, 0) is 18.2 Å². The normalized spacial score (nSPS) is 11.2. The summed E-state index contributed by atoms with van der Waals surface area (Å²) in [6, 6.07) is 10.1. The van der Waals surface area contributed by atoms with Gasteiger partial charge in [-0.3, -0.25) is 4.68 Å². The number of hydrogen-bond donors (Lipinski definition) is 1. The van der Waals surface area contributed by atoms with Gasteiger partial charge >= 0.3 is 0 Å². The molecule has 0 spiro atoms. The van der Waals surface area contributed by atoms with Crippen LogP contribution < -0.4 is 0 Å². The van der Waals surface area contributed by atoms with Crippen molar-refractivity contribution in [1.82, 2.24) is 29.8 Å². The van der Waals surface area contributed by atoms with E-state index < -0.39 is 0 Å². The van der Waals surface area contributed by atoms with E-state index in [-0.39, 0.29) is 0 Å². The predicted octanol–water partition coefficient (Wildman–Crippen LogP) is 2.15. The Bertz CT molecular complexity index is 882. The van der Waals surface area contributed by atoms with Gasteiger partial charge in [-0.1, -0.05) is 11.3 Å². The van der Waals surface area contributed by atoms with Crippen LogP contribution in [0.5, 0.6) is 0 Å². The molecule has 6 heteroatoms. The van der Waals surface area contributed by atoms with Crippen LogP contribution in [0.3, 0.4) is 0 Å². The molecule has 0 aliphatic rings. The van der Waals surface area contributed by atoms with Crippen LogP contribution in [-0.2, 0) is 7.05 Å². The molecular weight excluding hydrogens is 252 g/mol. The lowest BCUT2D eigenvalue weighted by Gasteiger charge is -1.96. The second-order valence-corrected chi connectivity index (χ2v) is 4.68. The molecule has 0 aliphatic heterocycles. The fourth-order valence-electron chi connectivity index (χ4n) is 2.25. The molecule has 0 atom stereocenters. The standard InChI is InChI=1S/C14H12N6/c1-19-7-5-14(17-19)20-9-13(16-18-20)10-2-3-12-11(8-10)4-6-15-12/h2-9,15H,1H3. The molecule has 0 amide bonds. The second-order valence-electron chi connectivity index (χ2n) is 4.68. The summed E-state index contributed by atoms with van der Waals surface area (Å²) in [5.41, 5.74) is 2.99. The Labute approximate surface area is 114 Å². The number of aromatic nitrogens is 6. The van der Waals surface area contributed by atoms with Gasteiger partial charge in [-0.25, -0.2) is 0 Å². The van der Waals surface area contributed by atoms with Crippen molar-refractivity contribution in [1.29, 1.82) is 0 Å². The Morgan fingerprint density at radius 2 is 2.10 bits per heavy atom. The maximum absolute atomic E-state index is 4.30. The lowest BCUT2D eigenvalue weighted by Crippen LogP contribution is -1.97. The Hall–Kier alpha value is -2.89. The molecule has 4 aromatic rings. The fourth-order valence-corrected chi connectivity index (χ4v) is 2.25. The van der Waals surface area contributed by atoms with E-state index in [2.05, 4.69) is 26.5 Å². The average molecular weight is 264 g/mol. The number of benzene rings is 1. The third-order valence-corrected chi connectivity index (χ3v) is 3.28. The van der Waals surface area contributed by atoms with Crippen LogP contribution in [0.1, 0.15) is 0 Å². The van der Waals surface area contributed by atoms with Crippen LogP contribution in [0.15, 0.2) is 48.9 Å². The van der Waals surface area contributed by atoms with E-state index in [0.717, 1.165) is 28.0 Å². The summed E-state index contributed by atoms with van der Waals surface area (Å²) in [7, 11) is 1.88. The van der Waals surface area contributed by atoms with Crippen LogP contribution >= 0.6 is 0 Å². The van der Waals surface area contributed by atoms with Gasteiger partial charge in [-0.2, -0.15) is 9.78 Å². The van der Waals surface area contributed by atoms with E-state index in [1.807, 2.05) is 49.9 Å². The zero-order valence-electron chi connectivity index (χ0n) is 10.9. The van der Waals surface area contributed by atoms with Gasteiger partial charge in [-0.15, -0.1) is 5.10 Å². The number of rotatable bonds is 2. The minimum atomic E-state index is 0.758. The van der Waals surface area contributed by atoms with Crippen molar-refractivity contribution in [3.05, 3.63) is 48.9 Å². The van der Waals surface area contributed by atoms with Crippen molar-refractivity contribution in [2.24, 2.45) is 7.05 Å². The SMILES string of the molecule is Cn1ccc(-n2cc(-c3ccc4[nH]ccc4c3)nn2)n1. The van der Waals surface area contributed by atoms with E-state index in [0.29, 0.717) is 0 Å². The molecule has 3 aromatic heterocycles. The summed E-state index contributed by atoms with van der Waals surface area (Å²) >= 11 is 0. The van der Waals surface area contributed by atoms with Crippen molar-refractivity contribution < 1.29 is 0 Å². The molecule has 98 valence electrons. The molecule has 1 N–H and O–H groups in total. The largest absolute Gasteiger partial charge is 0.361 e. The number of fused-ring (bicyclic) bond motifs is 1. The van der Waals surface area contributed by atoms with Crippen LogP contribution in [-0.4, -0.2) is 29.8 Å². The highest BCUT2D eigenvalue weighted by Gasteiger charge is 2.07. The van der Waals surface area contributed by atoms with Crippen LogP contribution in [0.2, 0.25) is 0 Å². The number of hydrogen-bond acceptors (Lipinski definition) is 3. The lowest BCUT2D eigenvalue weighted by molar-refractivity contribution is 0.715. The van der Waals surface area contributed by atoms with Gasteiger partial charge in [0.2, 0.25) is 0 Å². The smallest absolute Gasteiger partial charge is 0.176 e. The van der Waals surface area contributed by atoms with Crippen molar-refractivity contribution >= 4 is 10.9 Å². The summed E-state index contributed by atoms with van der Waals surface area (Å²) in [6.07, 6.45) is 5.69. The van der Waals surface area contributed by atoms with Crippen LogP contribution in [0, 0.1) is 0 Å². The highest BCUT2D eigenvalue weighted by atomic mass is 15.5. The first-order valence-corrected chi connectivity index (χ1v) is 6.29. The zero-order chi connectivity index (χ0) is 13.5. The van der Waals surface area contributed by atoms with E-state index in [1.165, 1.54) is 0 Å². The topological polar surface area (TPSA) is 64.3 Å². The van der Waals surface area contributed by atoms with Gasteiger partial charge in [0.05, 0.1) is 6.20 Å². The summed E-state index contributed by atoms with van der Waals surface area (Å²) < 4.78 is 3.42. The van der Waals surface area contributed by atoms with Gasteiger partial charge < -0.3 is 4.98 Å². The van der Waals surface area contributed by atoms with Gasteiger partial charge in [0.25, 0.3) is 0 Å². The molecule has 0 fully saturated rings. The molecule has 3 heterocycles. The van der Waals surface area contributed by atoms with Crippen LogP contribution in [0.25, 0.3) is 28.0 Å². The van der Waals surface area contributed by atoms with Crippen molar-refractivity contribution in [2.75, 3.05) is 0 Å². The molecule has 0 saturated heterocycles. The summed E-state index contributed by atoms with van der Waals surface area (Å²) in [4.78, 5) is 3.18. The summed E-state index contributed by atoms with van der Waals surface area (Å²) in [5, 5.41) is 13.8. The maximum Gasteiger partial charge on any atom is 0.176 e. The number of nitrogens with zero attached hydrogens (tertiary/aromatic N) is 5. The van der Waals surface area contributed by atoms with E-state index >= 15 is 0 Å². The second kappa shape index (κ2) is 4.06. The summed E-state index contributed by atoms with van der Waals surface area (Å²) in [5.74, 6) is 0.758. The third-order valence-electron chi connectivity index (χ3n) is 3.28. The van der Waals surface area contributed by atoms with Gasteiger partial charge in [0.15, 0.2) is 5.82 Å². The third kappa shape index (κ3) is 1.70. The quantitative estimate of drug-likeness (QED) is 0.603. The molecule has 6 nitrogen and oxygen atoms in total. The summed E-state index contributed by atoms with van der Waals surface area (Å²) in [6.45, 7) is 0. The van der Waals surface area contributed by atoms with Crippen molar-refractivity contribution in [2.45, 2.75) is 0 Å². The van der Waals surface area contributed by atoms with E-state index in [4.69, 9.17) is 0 Å². The molecule has 0 radical (unpaired) electrons. The van der Waals surface area contributed by atoms with Gasteiger partial charge in [0, 0.05) is 42.0 Å². The Kier molecular flexibility index (Phi) is 2.23. The molecule has 0 unspecified atom stereocenters. The first-order valence-electron chi connectivity index (χ1n) is 6.29. The van der Waals surface area contributed by atoms with Crippen molar-refractivity contribution in [3.63, 3.8) is 0 Å². The Morgan fingerprint density at radius 1 is 1.15 bits per heavy atom. The highest BCUT2D eigenvalue weighted by Crippen LogP contribution is 2.22. The van der Waals surface area contributed by atoms with E-state index in [9.17, 15) is 0 Å². The molecule has 4 rings (SSSR count). The Balaban J connectivity index is 1.77. The number of nitrogens with one attached hydrogen (secondary N) is 1. The molecular formula is C14H12N6. The lowest BCUT2D eigenvalue weighted by atomic mass is 10.1. The highest BCUT2D eigenvalue weighted by molar-refractivity contribution is 5.84. The number of H-pyrrole nitrogens is 1. The fraction of sp³-hybridized carbons (Fsp3) is 0.0714. The van der Waals surface area contributed by atoms with E-state index in [1.54, 1.807) is 9.36 Å². The molecule has 20 heavy (non-hydrogen) atoms. The van der Waals surface area contributed by atoms with Crippen molar-refractivity contribution in [3.8, 4) is 17.1 Å². The minimum absolute atomic E-state index is 0.758. The Morgan fingerprint density at radius 3 is 2.95 bits per heavy atom. The average Bonchev–Trinajstić information content (AvgIpc) is 3.17. The minimum Gasteiger partial charge on any atom is -0.361 e. The first kappa shape index (κ1) is 11.0.